The van der Waals surface area contributed by atoms with Gasteiger partial charge >= 0.3 is 5.69 Å². The maximum absolute atomic E-state index is 12.8. The SMILES string of the molecule is CC1CN(Cc2ccccc2CNC(=O)c2ccc3c(=O)[nH]c(=O)n(C)c3n2)CC(C)O1. The quantitative estimate of drug-likeness (QED) is 0.620. The lowest BCUT2D eigenvalue weighted by molar-refractivity contribution is -0.0705. The highest BCUT2D eigenvalue weighted by Gasteiger charge is 2.22. The van der Waals surface area contributed by atoms with Crippen LogP contribution in [0.4, 0.5) is 0 Å². The summed E-state index contributed by atoms with van der Waals surface area (Å²) in [6.45, 7) is 7.01. The third-order valence-corrected chi connectivity index (χ3v) is 5.64. The number of morpholine rings is 1. The fourth-order valence-electron chi connectivity index (χ4n) is 4.16. The van der Waals surface area contributed by atoms with Crippen LogP contribution in [0.1, 0.15) is 35.5 Å². The Hall–Kier alpha value is -3.30. The van der Waals surface area contributed by atoms with Crippen LogP contribution < -0.4 is 16.6 Å². The van der Waals surface area contributed by atoms with Gasteiger partial charge in [-0.25, -0.2) is 9.78 Å². The van der Waals surface area contributed by atoms with E-state index in [-0.39, 0.29) is 34.8 Å². The van der Waals surface area contributed by atoms with E-state index in [0.717, 1.165) is 30.8 Å². The van der Waals surface area contributed by atoms with Gasteiger partial charge in [0, 0.05) is 33.2 Å². The van der Waals surface area contributed by atoms with Crippen LogP contribution in [0.15, 0.2) is 46.0 Å². The van der Waals surface area contributed by atoms with Crippen molar-refractivity contribution in [1.82, 2.24) is 24.8 Å². The monoisotopic (exact) mass is 437 g/mol. The molecule has 1 aliphatic heterocycles. The predicted molar refractivity (Wildman–Crippen MR) is 121 cm³/mol. The van der Waals surface area contributed by atoms with Gasteiger partial charge in [-0.1, -0.05) is 24.3 Å². The van der Waals surface area contributed by atoms with Crippen LogP contribution in [-0.4, -0.2) is 50.6 Å². The van der Waals surface area contributed by atoms with E-state index >= 15 is 0 Å². The Morgan fingerprint density at radius 2 is 1.81 bits per heavy atom. The fraction of sp³-hybridized carbons (Fsp3) is 0.391. The first-order chi connectivity index (χ1) is 15.3. The van der Waals surface area contributed by atoms with Gasteiger partial charge in [-0.15, -0.1) is 0 Å². The smallest absolute Gasteiger partial charge is 0.329 e. The molecule has 168 valence electrons. The highest BCUT2D eigenvalue weighted by atomic mass is 16.5. The van der Waals surface area contributed by atoms with Gasteiger partial charge < -0.3 is 10.1 Å². The maximum atomic E-state index is 12.8. The molecule has 2 aromatic heterocycles. The fourth-order valence-corrected chi connectivity index (χ4v) is 4.16. The summed E-state index contributed by atoms with van der Waals surface area (Å²) in [5, 5.41) is 3.16. The van der Waals surface area contributed by atoms with E-state index in [1.165, 1.54) is 23.7 Å². The largest absolute Gasteiger partial charge is 0.373 e. The Bertz CT molecular complexity index is 1260. The van der Waals surface area contributed by atoms with Crippen LogP contribution in [0.3, 0.4) is 0 Å². The molecule has 9 nitrogen and oxygen atoms in total. The molecule has 0 radical (unpaired) electrons. The number of nitrogens with one attached hydrogen (secondary N) is 2. The van der Waals surface area contributed by atoms with Gasteiger partial charge in [-0.3, -0.25) is 24.0 Å². The van der Waals surface area contributed by atoms with Gasteiger partial charge in [0.2, 0.25) is 0 Å². The van der Waals surface area contributed by atoms with Crippen molar-refractivity contribution < 1.29 is 9.53 Å². The molecule has 3 heterocycles. The van der Waals surface area contributed by atoms with Gasteiger partial charge in [0.1, 0.15) is 11.3 Å². The van der Waals surface area contributed by atoms with Gasteiger partial charge in [-0.05, 0) is 37.1 Å². The van der Waals surface area contributed by atoms with E-state index in [0.29, 0.717) is 6.54 Å². The summed E-state index contributed by atoms with van der Waals surface area (Å²) in [6.07, 6.45) is 0.376. The summed E-state index contributed by atoms with van der Waals surface area (Å²) in [7, 11) is 1.50. The Morgan fingerprint density at radius 1 is 1.12 bits per heavy atom. The molecule has 0 spiro atoms. The van der Waals surface area contributed by atoms with E-state index in [1.54, 1.807) is 0 Å². The van der Waals surface area contributed by atoms with Gasteiger partial charge in [0.05, 0.1) is 17.6 Å². The number of H-pyrrole nitrogens is 1. The second-order valence-corrected chi connectivity index (χ2v) is 8.29. The summed E-state index contributed by atoms with van der Waals surface area (Å²) < 4.78 is 7.03. The number of hydrogen-bond donors (Lipinski definition) is 2. The Morgan fingerprint density at radius 3 is 2.53 bits per heavy atom. The molecular formula is C23H27N5O4. The first-order valence-electron chi connectivity index (χ1n) is 10.6. The van der Waals surface area contributed by atoms with E-state index in [1.807, 2.05) is 18.2 Å². The van der Waals surface area contributed by atoms with Crippen LogP contribution in [0.2, 0.25) is 0 Å². The Balaban J connectivity index is 1.49. The molecule has 1 aromatic carbocycles. The van der Waals surface area contributed by atoms with Crippen LogP contribution in [0.5, 0.6) is 0 Å². The lowest BCUT2D eigenvalue weighted by Gasteiger charge is -2.35. The number of carbonyl (C=O) groups is 1. The summed E-state index contributed by atoms with van der Waals surface area (Å²) in [4.78, 5) is 45.4. The molecule has 1 aliphatic rings. The average Bonchev–Trinajstić information content (AvgIpc) is 2.75. The standard InChI is InChI=1S/C23H27N5O4/c1-14-11-28(12-15(2)32-14)13-17-7-5-4-6-16(17)10-24-22(30)19-9-8-18-20(25-19)27(3)23(31)26-21(18)29/h4-9,14-15H,10-13H2,1-3H3,(H,24,30)(H,26,29,31). The second kappa shape index (κ2) is 9.05. The molecule has 3 aromatic rings. The summed E-state index contributed by atoms with van der Waals surface area (Å²) in [5.74, 6) is -0.372. The average molecular weight is 438 g/mol. The zero-order valence-corrected chi connectivity index (χ0v) is 18.4. The van der Waals surface area contributed by atoms with Crippen LogP contribution in [0.25, 0.3) is 11.0 Å². The minimum absolute atomic E-state index is 0.145. The first kappa shape index (κ1) is 21.9. The third-order valence-electron chi connectivity index (χ3n) is 5.64. The zero-order valence-electron chi connectivity index (χ0n) is 18.4. The number of benzene rings is 1. The van der Waals surface area contributed by atoms with E-state index in [9.17, 15) is 14.4 Å². The highest BCUT2D eigenvalue weighted by Crippen LogP contribution is 2.17. The van der Waals surface area contributed by atoms with Crippen molar-refractivity contribution in [2.45, 2.75) is 39.1 Å². The van der Waals surface area contributed by atoms with Gasteiger partial charge in [0.25, 0.3) is 11.5 Å². The number of hydrogen-bond acceptors (Lipinski definition) is 6. The highest BCUT2D eigenvalue weighted by molar-refractivity contribution is 5.94. The Kier molecular flexibility index (Phi) is 6.20. The van der Waals surface area contributed by atoms with E-state index in [2.05, 4.69) is 40.1 Å². The molecule has 2 atom stereocenters. The van der Waals surface area contributed by atoms with Crippen molar-refractivity contribution in [2.24, 2.45) is 7.05 Å². The number of aryl methyl sites for hydroxylation is 1. The first-order valence-corrected chi connectivity index (χ1v) is 10.6. The molecule has 0 bridgehead atoms. The number of pyridine rings is 1. The number of carbonyl (C=O) groups excluding carboxylic acids is 1. The van der Waals surface area contributed by atoms with Gasteiger partial charge in [0.15, 0.2) is 0 Å². The number of aromatic nitrogens is 3. The lowest BCUT2D eigenvalue weighted by Crippen LogP contribution is -2.45. The van der Waals surface area contributed by atoms with Crippen LogP contribution in [0, 0.1) is 0 Å². The van der Waals surface area contributed by atoms with Crippen LogP contribution in [-0.2, 0) is 24.9 Å². The molecule has 1 fully saturated rings. The molecule has 0 aliphatic carbocycles. The molecule has 0 saturated carbocycles. The molecule has 2 unspecified atom stereocenters. The number of fused-ring (bicyclic) bond motifs is 1. The molecular weight excluding hydrogens is 410 g/mol. The number of aromatic amines is 1. The second-order valence-electron chi connectivity index (χ2n) is 8.29. The minimum atomic E-state index is -0.576. The molecule has 32 heavy (non-hydrogen) atoms. The van der Waals surface area contributed by atoms with Crippen LogP contribution >= 0.6 is 0 Å². The summed E-state index contributed by atoms with van der Waals surface area (Å²) in [6, 6.07) is 11.0. The van der Waals surface area contributed by atoms with Crippen molar-refractivity contribution >= 4 is 16.9 Å². The van der Waals surface area contributed by atoms with E-state index < -0.39 is 11.2 Å². The molecule has 9 heteroatoms. The molecule has 1 amide bonds. The van der Waals surface area contributed by atoms with E-state index in [4.69, 9.17) is 4.74 Å². The van der Waals surface area contributed by atoms with Crippen molar-refractivity contribution in [3.05, 3.63) is 74.1 Å². The summed E-state index contributed by atoms with van der Waals surface area (Å²) in [5.41, 5.74) is 1.39. The van der Waals surface area contributed by atoms with Crippen molar-refractivity contribution in [1.29, 1.82) is 0 Å². The number of rotatable bonds is 5. The molecule has 1 saturated heterocycles. The number of amides is 1. The maximum Gasteiger partial charge on any atom is 0.329 e. The third kappa shape index (κ3) is 4.63. The summed E-state index contributed by atoms with van der Waals surface area (Å²) >= 11 is 0. The number of nitrogens with zero attached hydrogens (tertiary/aromatic N) is 3. The molecule has 2 N–H and O–H groups in total. The normalized spacial score (nSPS) is 19.2. The predicted octanol–water partition coefficient (Wildman–Crippen LogP) is 1.16. The number of ether oxygens (including phenoxy) is 1. The zero-order chi connectivity index (χ0) is 22.8. The van der Waals surface area contributed by atoms with Crippen molar-refractivity contribution in [2.75, 3.05) is 13.1 Å². The Labute approximate surface area is 185 Å². The topological polar surface area (TPSA) is 109 Å². The van der Waals surface area contributed by atoms with Crippen molar-refractivity contribution in [3.63, 3.8) is 0 Å². The van der Waals surface area contributed by atoms with Gasteiger partial charge in [-0.2, -0.15) is 0 Å². The minimum Gasteiger partial charge on any atom is -0.373 e. The molecule has 4 rings (SSSR count). The van der Waals surface area contributed by atoms with Crippen molar-refractivity contribution in [3.8, 4) is 0 Å². The lowest BCUT2D eigenvalue weighted by atomic mass is 10.1.